The van der Waals surface area contributed by atoms with Gasteiger partial charge in [0, 0.05) is 11.4 Å². The zero-order valence-electron chi connectivity index (χ0n) is 15.3. The average molecular weight is 397 g/mol. The van der Waals surface area contributed by atoms with Gasteiger partial charge in [-0.1, -0.05) is 30.3 Å². The molecule has 7 nitrogen and oxygen atoms in total. The molecule has 0 saturated heterocycles. The van der Waals surface area contributed by atoms with E-state index < -0.39 is 12.7 Å². The topological polar surface area (TPSA) is 81.1 Å². The summed E-state index contributed by atoms with van der Waals surface area (Å²) in [7, 11) is 0. The monoisotopic (exact) mass is 397 g/mol. The van der Waals surface area contributed by atoms with E-state index in [2.05, 4.69) is 25.5 Å². The van der Waals surface area contributed by atoms with E-state index >= 15 is 0 Å². The Bertz CT molecular complexity index is 1050. The van der Waals surface area contributed by atoms with Gasteiger partial charge in [-0.25, -0.2) is 4.68 Å². The van der Waals surface area contributed by atoms with E-state index in [1.54, 1.807) is 35.9 Å². The summed E-state index contributed by atoms with van der Waals surface area (Å²) in [6.07, 6.45) is 1.38. The molecular formula is C20H17F2N5O2. The predicted octanol–water partition coefficient (Wildman–Crippen LogP) is 3.81. The average Bonchev–Trinajstić information content (AvgIpc) is 3.16. The van der Waals surface area contributed by atoms with Crippen LogP contribution < -0.4 is 15.4 Å². The number of fused-ring (bicyclic) bond motifs is 1. The fourth-order valence-electron chi connectivity index (χ4n) is 3.24. The van der Waals surface area contributed by atoms with Crippen LogP contribution in [0, 0.1) is 0 Å². The van der Waals surface area contributed by atoms with Crippen molar-refractivity contribution in [1.29, 1.82) is 0 Å². The van der Waals surface area contributed by atoms with Gasteiger partial charge in [-0.05, 0) is 36.8 Å². The van der Waals surface area contributed by atoms with Crippen molar-refractivity contribution in [3.63, 3.8) is 0 Å². The third-order valence-electron chi connectivity index (χ3n) is 4.49. The molecule has 1 aliphatic rings. The lowest BCUT2D eigenvalue weighted by molar-refractivity contribution is -0.113. The molecule has 2 N–H and O–H groups in total. The lowest BCUT2D eigenvalue weighted by atomic mass is 9.95. The molecule has 0 spiro atoms. The largest absolute Gasteiger partial charge is 0.435 e. The highest BCUT2D eigenvalue weighted by Crippen LogP contribution is 2.35. The minimum absolute atomic E-state index is 0.0347. The zero-order chi connectivity index (χ0) is 20.4. The van der Waals surface area contributed by atoms with E-state index in [0.29, 0.717) is 28.5 Å². The van der Waals surface area contributed by atoms with E-state index in [-0.39, 0.29) is 11.7 Å². The standard InChI is InChI=1S/C20H17F2N5O2/c1-12-16(18(28)26-14-5-3-2-4-6-14)17(27-20(25-12)23-11-24-27)13-7-9-15(10-8-13)29-19(21)22/h2-11,17,19H,1H3,(H,26,28)(H,23,24,25)/t17-/m1/s1. The number of hydrogen-bond acceptors (Lipinski definition) is 5. The fourth-order valence-corrected chi connectivity index (χ4v) is 3.24. The van der Waals surface area contributed by atoms with Crippen LogP contribution in [0.4, 0.5) is 20.4 Å². The maximum atomic E-state index is 13.1. The molecule has 2 aromatic carbocycles. The molecule has 0 saturated carbocycles. The Labute approximate surface area is 165 Å². The molecule has 4 rings (SSSR count). The lowest BCUT2D eigenvalue weighted by Gasteiger charge is -2.28. The zero-order valence-corrected chi connectivity index (χ0v) is 15.3. The number of allylic oxidation sites excluding steroid dienone is 1. The second-order valence-electron chi connectivity index (χ2n) is 6.36. The van der Waals surface area contributed by atoms with Crippen LogP contribution in [0.3, 0.4) is 0 Å². The number of para-hydroxylation sites is 1. The molecular weight excluding hydrogens is 380 g/mol. The van der Waals surface area contributed by atoms with Gasteiger partial charge in [-0.3, -0.25) is 4.79 Å². The number of nitrogens with one attached hydrogen (secondary N) is 2. The van der Waals surface area contributed by atoms with Gasteiger partial charge in [-0.2, -0.15) is 18.9 Å². The van der Waals surface area contributed by atoms with Crippen molar-refractivity contribution in [2.45, 2.75) is 19.6 Å². The third kappa shape index (κ3) is 3.79. The molecule has 1 aromatic heterocycles. The summed E-state index contributed by atoms with van der Waals surface area (Å²) in [4.78, 5) is 17.3. The summed E-state index contributed by atoms with van der Waals surface area (Å²) in [5, 5.41) is 10.2. The van der Waals surface area contributed by atoms with Gasteiger partial charge < -0.3 is 15.4 Å². The molecule has 9 heteroatoms. The molecule has 148 valence electrons. The molecule has 0 unspecified atom stereocenters. The highest BCUT2D eigenvalue weighted by atomic mass is 19.3. The molecule has 0 aliphatic carbocycles. The minimum atomic E-state index is -2.91. The van der Waals surface area contributed by atoms with Crippen molar-refractivity contribution in [2.75, 3.05) is 10.6 Å². The van der Waals surface area contributed by atoms with Gasteiger partial charge in [0.25, 0.3) is 5.91 Å². The number of benzene rings is 2. The van der Waals surface area contributed by atoms with Gasteiger partial charge in [0.05, 0.1) is 5.57 Å². The molecule has 1 atom stereocenters. The predicted molar refractivity (Wildman–Crippen MR) is 103 cm³/mol. The summed E-state index contributed by atoms with van der Waals surface area (Å²) in [6.45, 7) is -1.13. The molecule has 0 fully saturated rings. The van der Waals surface area contributed by atoms with Gasteiger partial charge in [0.15, 0.2) is 0 Å². The highest BCUT2D eigenvalue weighted by Gasteiger charge is 2.33. The van der Waals surface area contributed by atoms with Crippen LogP contribution >= 0.6 is 0 Å². The highest BCUT2D eigenvalue weighted by molar-refractivity contribution is 6.06. The second kappa shape index (κ2) is 7.70. The summed E-state index contributed by atoms with van der Waals surface area (Å²) in [5.41, 5.74) is 2.39. The van der Waals surface area contributed by atoms with Gasteiger partial charge >= 0.3 is 6.61 Å². The second-order valence-corrected chi connectivity index (χ2v) is 6.36. The van der Waals surface area contributed by atoms with Crippen molar-refractivity contribution in [1.82, 2.24) is 14.8 Å². The van der Waals surface area contributed by atoms with E-state index in [0.717, 1.165) is 0 Å². The number of ether oxygens (including phenoxy) is 1. The van der Waals surface area contributed by atoms with Crippen molar-refractivity contribution >= 4 is 17.5 Å². The normalized spacial score (nSPS) is 15.7. The summed E-state index contributed by atoms with van der Waals surface area (Å²) < 4.78 is 30.9. The van der Waals surface area contributed by atoms with Crippen LogP contribution in [-0.4, -0.2) is 27.3 Å². The van der Waals surface area contributed by atoms with Crippen molar-refractivity contribution in [3.05, 3.63) is 77.8 Å². The van der Waals surface area contributed by atoms with Crippen LogP contribution in [-0.2, 0) is 4.79 Å². The lowest BCUT2D eigenvalue weighted by Crippen LogP contribution is -2.31. The van der Waals surface area contributed by atoms with E-state index in [9.17, 15) is 13.6 Å². The quantitative estimate of drug-likeness (QED) is 0.684. The van der Waals surface area contributed by atoms with Gasteiger partial charge in [0.2, 0.25) is 5.95 Å². The smallest absolute Gasteiger partial charge is 0.387 e. The first-order valence-electron chi connectivity index (χ1n) is 8.81. The van der Waals surface area contributed by atoms with Gasteiger partial charge in [0.1, 0.15) is 18.1 Å². The number of nitrogens with zero attached hydrogens (tertiary/aromatic N) is 3. The van der Waals surface area contributed by atoms with Gasteiger partial charge in [-0.15, -0.1) is 0 Å². The number of hydrogen-bond donors (Lipinski definition) is 2. The Hall–Kier alpha value is -3.75. The maximum Gasteiger partial charge on any atom is 0.387 e. The third-order valence-corrected chi connectivity index (χ3v) is 4.49. The molecule has 2 heterocycles. The number of aromatic nitrogens is 3. The summed E-state index contributed by atoms with van der Waals surface area (Å²) >= 11 is 0. The summed E-state index contributed by atoms with van der Waals surface area (Å²) in [6, 6.07) is 14.6. The van der Waals surface area contributed by atoms with E-state index in [1.807, 2.05) is 18.2 Å². The maximum absolute atomic E-state index is 13.1. The number of carbonyl (C=O) groups excluding carboxylic acids is 1. The Balaban J connectivity index is 1.71. The Kier molecular flexibility index (Phi) is 4.94. The Morgan fingerprint density at radius 1 is 1.17 bits per heavy atom. The van der Waals surface area contributed by atoms with E-state index in [4.69, 9.17) is 0 Å². The number of halogens is 2. The van der Waals surface area contributed by atoms with Crippen molar-refractivity contribution < 1.29 is 18.3 Å². The molecule has 1 aliphatic heterocycles. The Morgan fingerprint density at radius 2 is 1.90 bits per heavy atom. The molecule has 3 aromatic rings. The minimum Gasteiger partial charge on any atom is -0.435 e. The molecule has 0 radical (unpaired) electrons. The van der Waals surface area contributed by atoms with Crippen LogP contribution in [0.25, 0.3) is 0 Å². The summed E-state index contributed by atoms with van der Waals surface area (Å²) in [5.74, 6) is 0.212. The fraction of sp³-hybridized carbons (Fsp3) is 0.150. The number of carbonyl (C=O) groups is 1. The number of rotatable bonds is 5. The first-order chi connectivity index (χ1) is 14.0. The van der Waals surface area contributed by atoms with Crippen LogP contribution in [0.5, 0.6) is 5.75 Å². The van der Waals surface area contributed by atoms with E-state index in [1.165, 1.54) is 18.5 Å². The first kappa shape index (κ1) is 18.6. The van der Waals surface area contributed by atoms with Crippen LogP contribution in [0.15, 0.2) is 72.2 Å². The number of amides is 1. The van der Waals surface area contributed by atoms with Crippen molar-refractivity contribution in [2.24, 2.45) is 0 Å². The first-order valence-corrected chi connectivity index (χ1v) is 8.81. The van der Waals surface area contributed by atoms with Crippen molar-refractivity contribution in [3.8, 4) is 5.75 Å². The SMILES string of the molecule is CC1=C(C(=O)Nc2ccccc2)[C@@H](c2ccc(OC(F)F)cc2)n2ncnc2N1. The van der Waals surface area contributed by atoms with Crippen LogP contribution in [0.1, 0.15) is 18.5 Å². The molecule has 29 heavy (non-hydrogen) atoms. The molecule has 1 amide bonds. The Morgan fingerprint density at radius 3 is 2.59 bits per heavy atom. The number of anilines is 2. The number of alkyl halides is 2. The van der Waals surface area contributed by atoms with Crippen LogP contribution in [0.2, 0.25) is 0 Å². The molecule has 0 bridgehead atoms.